The first-order valence-corrected chi connectivity index (χ1v) is 8.03. The highest BCUT2D eigenvalue weighted by Crippen LogP contribution is 2.25. The van der Waals surface area contributed by atoms with Crippen molar-refractivity contribution in [2.75, 3.05) is 31.6 Å². The molecule has 4 heteroatoms. The van der Waals surface area contributed by atoms with Gasteiger partial charge in [-0.3, -0.25) is 4.90 Å². The molecule has 0 saturated carbocycles. The summed E-state index contributed by atoms with van der Waals surface area (Å²) in [6, 6.07) is 4.43. The van der Waals surface area contributed by atoms with Crippen LogP contribution in [0.15, 0.2) is 12.1 Å². The number of hydrogen-bond acceptors (Lipinski definition) is 4. The maximum Gasteiger partial charge on any atom is 0.133 e. The van der Waals surface area contributed by atoms with Crippen molar-refractivity contribution in [1.82, 2.24) is 9.88 Å². The standard InChI is InChI=1S/C17H29N3O/c1-13(2)7-9-20-10-8-16(12-21)19(4)17-15(11-20)6-5-14(3)18-17/h5-6,13,16,21H,7-12H2,1-4H3/t16-/m0/s1. The van der Waals surface area contributed by atoms with E-state index in [0.717, 1.165) is 43.5 Å². The number of aromatic nitrogens is 1. The predicted octanol–water partition coefficient (Wildman–Crippen LogP) is 2.44. The largest absolute Gasteiger partial charge is 0.394 e. The van der Waals surface area contributed by atoms with E-state index in [1.807, 2.05) is 6.92 Å². The number of fused-ring (bicyclic) bond motifs is 1. The summed E-state index contributed by atoms with van der Waals surface area (Å²) >= 11 is 0. The van der Waals surface area contributed by atoms with Crippen LogP contribution in [-0.4, -0.2) is 47.8 Å². The minimum atomic E-state index is 0.153. The van der Waals surface area contributed by atoms with Gasteiger partial charge in [0.05, 0.1) is 12.6 Å². The topological polar surface area (TPSA) is 39.6 Å². The molecule has 0 bridgehead atoms. The lowest BCUT2D eigenvalue weighted by atomic mass is 10.1. The Labute approximate surface area is 128 Å². The molecule has 21 heavy (non-hydrogen) atoms. The third-order valence-electron chi connectivity index (χ3n) is 4.38. The van der Waals surface area contributed by atoms with Gasteiger partial charge < -0.3 is 10.0 Å². The van der Waals surface area contributed by atoms with Gasteiger partial charge in [0.2, 0.25) is 0 Å². The van der Waals surface area contributed by atoms with E-state index in [9.17, 15) is 5.11 Å². The molecule has 1 aliphatic heterocycles. The number of hydrogen-bond donors (Lipinski definition) is 1. The van der Waals surface area contributed by atoms with E-state index in [2.05, 4.69) is 42.8 Å². The molecule has 0 fully saturated rings. The molecule has 1 aromatic heterocycles. The van der Waals surface area contributed by atoms with Crippen molar-refractivity contribution in [3.63, 3.8) is 0 Å². The van der Waals surface area contributed by atoms with Crippen LogP contribution in [0.1, 0.15) is 37.9 Å². The smallest absolute Gasteiger partial charge is 0.133 e. The van der Waals surface area contributed by atoms with Crippen LogP contribution >= 0.6 is 0 Å². The lowest BCUT2D eigenvalue weighted by molar-refractivity contribution is 0.204. The molecule has 0 amide bonds. The molecule has 1 atom stereocenters. The summed E-state index contributed by atoms with van der Waals surface area (Å²) in [5.74, 6) is 1.76. The Balaban J connectivity index is 2.24. The van der Waals surface area contributed by atoms with Crippen LogP contribution in [0.25, 0.3) is 0 Å². The van der Waals surface area contributed by atoms with Gasteiger partial charge in [0.1, 0.15) is 5.82 Å². The van der Waals surface area contributed by atoms with Gasteiger partial charge in [0.25, 0.3) is 0 Å². The zero-order valence-corrected chi connectivity index (χ0v) is 13.8. The van der Waals surface area contributed by atoms with E-state index in [0.29, 0.717) is 0 Å². The Morgan fingerprint density at radius 3 is 2.81 bits per heavy atom. The van der Waals surface area contributed by atoms with Gasteiger partial charge in [-0.15, -0.1) is 0 Å². The fourth-order valence-corrected chi connectivity index (χ4v) is 2.86. The molecule has 0 radical (unpaired) electrons. The van der Waals surface area contributed by atoms with Crippen molar-refractivity contribution in [1.29, 1.82) is 0 Å². The van der Waals surface area contributed by atoms with Crippen LogP contribution in [0.5, 0.6) is 0 Å². The number of nitrogens with zero attached hydrogens (tertiary/aromatic N) is 3. The SMILES string of the molecule is Cc1ccc2c(n1)N(C)[C@H](CO)CCN(CCC(C)C)C2. The number of pyridine rings is 1. The summed E-state index contributed by atoms with van der Waals surface area (Å²) < 4.78 is 0. The van der Waals surface area contributed by atoms with Gasteiger partial charge in [-0.1, -0.05) is 19.9 Å². The maximum atomic E-state index is 9.69. The monoisotopic (exact) mass is 291 g/mol. The molecule has 0 aromatic carbocycles. The highest BCUT2D eigenvalue weighted by atomic mass is 16.3. The second-order valence-electron chi connectivity index (χ2n) is 6.63. The molecule has 2 heterocycles. The van der Waals surface area contributed by atoms with Gasteiger partial charge in [0.15, 0.2) is 0 Å². The van der Waals surface area contributed by atoms with E-state index in [1.54, 1.807) is 0 Å². The Morgan fingerprint density at radius 2 is 2.14 bits per heavy atom. The molecule has 0 aliphatic carbocycles. The molecule has 1 aliphatic rings. The molecule has 1 aromatic rings. The van der Waals surface area contributed by atoms with Crippen LogP contribution in [0.3, 0.4) is 0 Å². The summed E-state index contributed by atoms with van der Waals surface area (Å²) in [6.45, 7) is 9.86. The second kappa shape index (κ2) is 7.23. The zero-order valence-electron chi connectivity index (χ0n) is 13.8. The third-order valence-corrected chi connectivity index (χ3v) is 4.38. The first-order valence-electron chi connectivity index (χ1n) is 8.03. The van der Waals surface area contributed by atoms with E-state index < -0.39 is 0 Å². The molecule has 1 N–H and O–H groups in total. The number of anilines is 1. The number of aliphatic hydroxyl groups is 1. The summed E-state index contributed by atoms with van der Waals surface area (Å²) in [5, 5.41) is 9.69. The first kappa shape index (κ1) is 16.2. The molecule has 2 rings (SSSR count). The van der Waals surface area contributed by atoms with Crippen molar-refractivity contribution in [2.45, 2.75) is 46.2 Å². The van der Waals surface area contributed by atoms with Crippen LogP contribution < -0.4 is 4.90 Å². The van der Waals surface area contributed by atoms with Crippen molar-refractivity contribution in [3.8, 4) is 0 Å². The van der Waals surface area contributed by atoms with E-state index in [4.69, 9.17) is 4.98 Å². The van der Waals surface area contributed by atoms with E-state index >= 15 is 0 Å². The van der Waals surface area contributed by atoms with Crippen molar-refractivity contribution in [2.24, 2.45) is 5.92 Å². The van der Waals surface area contributed by atoms with Crippen molar-refractivity contribution < 1.29 is 5.11 Å². The highest BCUT2D eigenvalue weighted by Gasteiger charge is 2.23. The molecular formula is C17H29N3O. The van der Waals surface area contributed by atoms with E-state index in [-0.39, 0.29) is 12.6 Å². The van der Waals surface area contributed by atoms with Crippen LogP contribution in [-0.2, 0) is 6.54 Å². The molecule has 0 unspecified atom stereocenters. The number of rotatable bonds is 4. The Kier molecular flexibility index (Phi) is 5.59. The minimum absolute atomic E-state index is 0.153. The van der Waals surface area contributed by atoms with Crippen LogP contribution in [0.4, 0.5) is 5.82 Å². The lowest BCUT2D eigenvalue weighted by Gasteiger charge is -2.35. The van der Waals surface area contributed by atoms with Gasteiger partial charge in [-0.05, 0) is 38.3 Å². The number of aryl methyl sites for hydroxylation is 1. The Morgan fingerprint density at radius 1 is 1.38 bits per heavy atom. The minimum Gasteiger partial charge on any atom is -0.394 e. The van der Waals surface area contributed by atoms with Crippen molar-refractivity contribution in [3.05, 3.63) is 23.4 Å². The predicted molar refractivity (Wildman–Crippen MR) is 87.6 cm³/mol. The van der Waals surface area contributed by atoms with Gasteiger partial charge in [0, 0.05) is 31.4 Å². The molecule has 0 spiro atoms. The maximum absolute atomic E-state index is 9.69. The average Bonchev–Trinajstić information content (AvgIpc) is 2.44. The third kappa shape index (κ3) is 4.17. The number of likely N-dealkylation sites (N-methyl/N-ethyl adjacent to an activating group) is 1. The van der Waals surface area contributed by atoms with E-state index in [1.165, 1.54) is 12.0 Å². The molecule has 4 nitrogen and oxygen atoms in total. The molecular weight excluding hydrogens is 262 g/mol. The second-order valence-corrected chi connectivity index (χ2v) is 6.63. The van der Waals surface area contributed by atoms with Crippen LogP contribution in [0, 0.1) is 12.8 Å². The van der Waals surface area contributed by atoms with Gasteiger partial charge in [-0.2, -0.15) is 0 Å². The summed E-state index contributed by atoms with van der Waals surface area (Å²) in [4.78, 5) is 9.37. The quantitative estimate of drug-likeness (QED) is 0.925. The fraction of sp³-hybridized carbons (Fsp3) is 0.706. The molecule has 0 saturated heterocycles. The zero-order chi connectivity index (χ0) is 15.4. The lowest BCUT2D eigenvalue weighted by Crippen LogP contribution is -2.42. The summed E-state index contributed by atoms with van der Waals surface area (Å²) in [7, 11) is 2.05. The number of aliphatic hydroxyl groups excluding tert-OH is 1. The Bertz CT molecular complexity index is 461. The fourth-order valence-electron chi connectivity index (χ4n) is 2.86. The van der Waals surface area contributed by atoms with Gasteiger partial charge in [-0.25, -0.2) is 4.98 Å². The normalized spacial score (nSPS) is 20.3. The highest BCUT2D eigenvalue weighted by molar-refractivity contribution is 5.48. The van der Waals surface area contributed by atoms with Gasteiger partial charge >= 0.3 is 0 Å². The summed E-state index contributed by atoms with van der Waals surface area (Å²) in [5.41, 5.74) is 2.30. The molecule has 118 valence electrons. The first-order chi connectivity index (χ1) is 10.0. The Hall–Kier alpha value is -1.13. The van der Waals surface area contributed by atoms with Crippen molar-refractivity contribution >= 4 is 5.82 Å². The van der Waals surface area contributed by atoms with Crippen LogP contribution in [0.2, 0.25) is 0 Å². The average molecular weight is 291 g/mol. The summed E-state index contributed by atoms with van der Waals surface area (Å²) in [6.07, 6.45) is 2.20.